The van der Waals surface area contributed by atoms with E-state index in [1.807, 2.05) is 6.07 Å². The molecular weight excluding hydrogens is 250 g/mol. The number of carbonyl (C=O) groups excluding carboxylic acids is 2. The highest BCUT2D eigenvalue weighted by atomic mass is 32.2. The van der Waals surface area contributed by atoms with Crippen molar-refractivity contribution in [1.29, 1.82) is 0 Å². The molecular formula is C13H15NO3S. The largest absolute Gasteiger partial charge is 0.326 e. The maximum Gasteiger partial charge on any atom is 0.224 e. The number of rotatable bonds is 4. The van der Waals surface area contributed by atoms with E-state index < -0.39 is 10.8 Å². The fourth-order valence-electron chi connectivity index (χ4n) is 1.94. The first-order chi connectivity index (χ1) is 8.56. The summed E-state index contributed by atoms with van der Waals surface area (Å²) in [6.45, 7) is 0. The normalized spacial score (nSPS) is 15.7. The Kier molecular flexibility index (Phi) is 3.91. The van der Waals surface area contributed by atoms with Gasteiger partial charge in [-0.1, -0.05) is 0 Å². The molecule has 5 heteroatoms. The van der Waals surface area contributed by atoms with Gasteiger partial charge in [0.2, 0.25) is 5.91 Å². The first kappa shape index (κ1) is 13.0. The number of nitrogens with one attached hydrogen (secondary N) is 1. The van der Waals surface area contributed by atoms with E-state index in [9.17, 15) is 13.8 Å². The number of carbonyl (C=O) groups is 2. The lowest BCUT2D eigenvalue weighted by Gasteiger charge is -2.17. The van der Waals surface area contributed by atoms with Crippen molar-refractivity contribution >= 4 is 28.2 Å². The quantitative estimate of drug-likeness (QED) is 0.840. The summed E-state index contributed by atoms with van der Waals surface area (Å²) < 4.78 is 11.0. The highest BCUT2D eigenvalue weighted by Gasteiger charge is 2.16. The molecule has 18 heavy (non-hydrogen) atoms. The minimum atomic E-state index is -0.944. The summed E-state index contributed by atoms with van der Waals surface area (Å²) in [7, 11) is -0.944. The standard InChI is InChI=1S/C13H15NO3S/c1-18(17)7-6-12(15)10-2-4-11-9(8-10)3-5-13(16)14-11/h2,4,8H,3,5-7H2,1H3,(H,14,16). The van der Waals surface area contributed by atoms with Gasteiger partial charge in [-0.3, -0.25) is 13.8 Å². The van der Waals surface area contributed by atoms with Crippen LogP contribution in [-0.2, 0) is 22.0 Å². The molecule has 0 fully saturated rings. The fourth-order valence-corrected chi connectivity index (χ4v) is 2.41. The zero-order chi connectivity index (χ0) is 13.1. The van der Waals surface area contributed by atoms with Crippen LogP contribution in [0.4, 0.5) is 5.69 Å². The highest BCUT2D eigenvalue weighted by molar-refractivity contribution is 7.84. The molecule has 1 aromatic rings. The van der Waals surface area contributed by atoms with E-state index in [-0.39, 0.29) is 11.7 Å². The summed E-state index contributed by atoms with van der Waals surface area (Å²) in [5.74, 6) is 0.417. The molecule has 0 saturated heterocycles. The molecule has 96 valence electrons. The number of anilines is 1. The summed E-state index contributed by atoms with van der Waals surface area (Å²) in [6.07, 6.45) is 3.02. The van der Waals surface area contributed by atoms with Crippen molar-refractivity contribution in [2.75, 3.05) is 17.3 Å². The third-order valence-electron chi connectivity index (χ3n) is 2.94. The van der Waals surface area contributed by atoms with Crippen LogP contribution < -0.4 is 5.32 Å². The number of aryl methyl sites for hydroxylation is 1. The third-order valence-corrected chi connectivity index (χ3v) is 3.72. The summed E-state index contributed by atoms with van der Waals surface area (Å²) >= 11 is 0. The molecule has 4 nitrogen and oxygen atoms in total. The average molecular weight is 265 g/mol. The monoisotopic (exact) mass is 265 g/mol. The molecule has 0 spiro atoms. The molecule has 1 heterocycles. The molecule has 1 aliphatic heterocycles. The minimum absolute atomic E-state index is 0.00454. The van der Waals surface area contributed by atoms with E-state index in [0.717, 1.165) is 11.3 Å². The van der Waals surface area contributed by atoms with Crippen molar-refractivity contribution in [2.24, 2.45) is 0 Å². The van der Waals surface area contributed by atoms with Crippen molar-refractivity contribution in [3.8, 4) is 0 Å². The number of hydrogen-bond acceptors (Lipinski definition) is 3. The maximum absolute atomic E-state index is 11.9. The van der Waals surface area contributed by atoms with Crippen LogP contribution in [0.3, 0.4) is 0 Å². The summed E-state index contributed by atoms with van der Waals surface area (Å²) in [4.78, 5) is 23.1. The van der Waals surface area contributed by atoms with Crippen LogP contribution in [0.5, 0.6) is 0 Å². The molecule has 0 aliphatic carbocycles. The lowest BCUT2D eigenvalue weighted by atomic mass is 9.98. The van der Waals surface area contributed by atoms with Gasteiger partial charge in [-0.15, -0.1) is 0 Å². The molecule has 1 unspecified atom stereocenters. The number of benzene rings is 1. The van der Waals surface area contributed by atoms with Crippen LogP contribution in [0.2, 0.25) is 0 Å². The minimum Gasteiger partial charge on any atom is -0.326 e. The van der Waals surface area contributed by atoms with E-state index in [1.165, 1.54) is 0 Å². The van der Waals surface area contributed by atoms with Gasteiger partial charge >= 0.3 is 0 Å². The van der Waals surface area contributed by atoms with Gasteiger partial charge in [0, 0.05) is 46.9 Å². The van der Waals surface area contributed by atoms with Crippen molar-refractivity contribution in [1.82, 2.24) is 0 Å². The number of ketones is 1. The maximum atomic E-state index is 11.9. The predicted molar refractivity (Wildman–Crippen MR) is 71.3 cm³/mol. The van der Waals surface area contributed by atoms with Gasteiger partial charge < -0.3 is 5.32 Å². The van der Waals surface area contributed by atoms with Crippen LogP contribution in [0, 0.1) is 0 Å². The van der Waals surface area contributed by atoms with Crippen molar-refractivity contribution in [3.63, 3.8) is 0 Å². The Morgan fingerprint density at radius 3 is 2.89 bits per heavy atom. The van der Waals surface area contributed by atoms with Gasteiger partial charge in [0.05, 0.1) is 0 Å². The zero-order valence-electron chi connectivity index (χ0n) is 10.2. The Morgan fingerprint density at radius 1 is 1.39 bits per heavy atom. The predicted octanol–water partition coefficient (Wildman–Crippen LogP) is 1.52. The van der Waals surface area contributed by atoms with E-state index in [4.69, 9.17) is 0 Å². The molecule has 2 rings (SSSR count). The first-order valence-corrected chi connectivity index (χ1v) is 7.55. The average Bonchev–Trinajstić information content (AvgIpc) is 2.35. The molecule has 0 radical (unpaired) electrons. The van der Waals surface area contributed by atoms with Crippen molar-refractivity contribution in [3.05, 3.63) is 29.3 Å². The number of amides is 1. The van der Waals surface area contributed by atoms with Gasteiger partial charge in [-0.2, -0.15) is 0 Å². The van der Waals surface area contributed by atoms with Crippen LogP contribution >= 0.6 is 0 Å². The molecule has 1 atom stereocenters. The Hall–Kier alpha value is -1.49. The molecule has 1 aromatic carbocycles. The van der Waals surface area contributed by atoms with Crippen LogP contribution in [0.1, 0.15) is 28.8 Å². The van der Waals surface area contributed by atoms with Gasteiger partial charge in [-0.25, -0.2) is 0 Å². The summed E-state index contributed by atoms with van der Waals surface area (Å²) in [5.41, 5.74) is 2.43. The van der Waals surface area contributed by atoms with Crippen LogP contribution in [0.25, 0.3) is 0 Å². The lowest BCUT2D eigenvalue weighted by molar-refractivity contribution is -0.116. The Balaban J connectivity index is 2.13. The Bertz CT molecular complexity index is 525. The number of hydrogen-bond donors (Lipinski definition) is 1. The first-order valence-electron chi connectivity index (χ1n) is 5.82. The fraction of sp³-hybridized carbons (Fsp3) is 0.385. The second-order valence-corrected chi connectivity index (χ2v) is 5.93. The summed E-state index contributed by atoms with van der Waals surface area (Å²) in [5, 5.41) is 2.78. The number of fused-ring (bicyclic) bond motifs is 1. The van der Waals surface area contributed by atoms with Crippen LogP contribution in [-0.4, -0.2) is 27.9 Å². The highest BCUT2D eigenvalue weighted by Crippen LogP contribution is 2.24. The van der Waals surface area contributed by atoms with Gasteiger partial charge in [0.1, 0.15) is 0 Å². The molecule has 0 bridgehead atoms. The van der Waals surface area contributed by atoms with E-state index >= 15 is 0 Å². The van der Waals surface area contributed by atoms with Crippen molar-refractivity contribution < 1.29 is 13.8 Å². The second-order valence-electron chi connectivity index (χ2n) is 4.37. The smallest absolute Gasteiger partial charge is 0.224 e. The Morgan fingerprint density at radius 2 is 2.17 bits per heavy atom. The molecule has 1 amide bonds. The second kappa shape index (κ2) is 5.44. The number of Topliss-reactive ketones (excluding diaryl/α,β-unsaturated/α-hetero) is 1. The van der Waals surface area contributed by atoms with Crippen molar-refractivity contribution in [2.45, 2.75) is 19.3 Å². The molecule has 0 saturated carbocycles. The van der Waals surface area contributed by atoms with Gasteiger partial charge in [-0.05, 0) is 30.2 Å². The van der Waals surface area contributed by atoms with E-state index in [0.29, 0.717) is 30.6 Å². The van der Waals surface area contributed by atoms with E-state index in [2.05, 4.69) is 5.32 Å². The Labute approximate surface area is 108 Å². The molecule has 1 aliphatic rings. The van der Waals surface area contributed by atoms with E-state index in [1.54, 1.807) is 18.4 Å². The van der Waals surface area contributed by atoms with Gasteiger partial charge in [0.15, 0.2) is 5.78 Å². The topological polar surface area (TPSA) is 63.2 Å². The zero-order valence-corrected chi connectivity index (χ0v) is 11.0. The lowest BCUT2D eigenvalue weighted by Crippen LogP contribution is -2.19. The third kappa shape index (κ3) is 3.04. The summed E-state index contributed by atoms with van der Waals surface area (Å²) in [6, 6.07) is 5.31. The SMILES string of the molecule is CS(=O)CCC(=O)c1ccc2c(c1)CCC(=O)N2. The van der Waals surface area contributed by atoms with Gasteiger partial charge in [0.25, 0.3) is 0 Å². The molecule has 0 aromatic heterocycles. The van der Waals surface area contributed by atoms with Crippen LogP contribution in [0.15, 0.2) is 18.2 Å². The molecule has 1 N–H and O–H groups in total.